The fourth-order valence-electron chi connectivity index (χ4n) is 2.54. The van der Waals surface area contributed by atoms with Crippen LogP contribution in [0.2, 0.25) is 0 Å². The highest BCUT2D eigenvalue weighted by molar-refractivity contribution is 6.18. The van der Waals surface area contributed by atoms with Gasteiger partial charge in [-0.1, -0.05) is 60.2 Å². The van der Waals surface area contributed by atoms with Crippen LogP contribution in [0.15, 0.2) is 60.7 Å². The van der Waals surface area contributed by atoms with Crippen LogP contribution < -0.4 is 0 Å². The van der Waals surface area contributed by atoms with Crippen molar-refractivity contribution in [2.24, 2.45) is 0 Å². The van der Waals surface area contributed by atoms with E-state index in [-0.39, 0.29) is 5.78 Å². The fraction of sp³-hybridized carbons (Fsp3) is 0.0526. The van der Waals surface area contributed by atoms with Crippen LogP contribution in [0.4, 0.5) is 0 Å². The molecule has 0 atom stereocenters. The van der Waals surface area contributed by atoms with E-state index in [4.69, 9.17) is 0 Å². The molecule has 0 amide bonds. The van der Waals surface area contributed by atoms with Crippen LogP contribution in [0.5, 0.6) is 0 Å². The number of hydrogen-bond acceptors (Lipinski definition) is 2. The lowest BCUT2D eigenvalue weighted by Gasteiger charge is -2.08. The van der Waals surface area contributed by atoms with E-state index in [0.717, 1.165) is 22.6 Å². The monoisotopic (exact) mass is 274 g/mol. The van der Waals surface area contributed by atoms with Crippen molar-refractivity contribution in [1.29, 1.82) is 0 Å². The van der Waals surface area contributed by atoms with E-state index in [1.165, 1.54) is 0 Å². The van der Waals surface area contributed by atoms with Crippen molar-refractivity contribution in [3.05, 3.63) is 82.9 Å². The molecule has 2 heteroatoms. The van der Waals surface area contributed by atoms with Gasteiger partial charge in [-0.25, -0.2) is 0 Å². The van der Waals surface area contributed by atoms with E-state index in [9.17, 15) is 9.59 Å². The lowest BCUT2D eigenvalue weighted by Crippen LogP contribution is -2.06. The van der Waals surface area contributed by atoms with E-state index >= 15 is 0 Å². The van der Waals surface area contributed by atoms with E-state index < -0.39 is 0 Å². The third-order valence-corrected chi connectivity index (χ3v) is 3.61. The zero-order valence-electron chi connectivity index (χ0n) is 11.7. The first-order valence-corrected chi connectivity index (χ1v) is 6.79. The molecule has 0 bridgehead atoms. The summed E-state index contributed by atoms with van der Waals surface area (Å²) in [6.45, 7) is 1.91. The molecule has 0 aromatic heterocycles. The quantitative estimate of drug-likeness (QED) is 0.530. The molecule has 0 radical (unpaired) electrons. The lowest BCUT2D eigenvalue weighted by molar-refractivity contribution is 0.103. The minimum Gasteiger partial charge on any atom is -0.298 e. The number of carbonyl (C=O) groups excluding carboxylic acids is 2. The van der Waals surface area contributed by atoms with Crippen molar-refractivity contribution >= 4 is 22.8 Å². The average Bonchev–Trinajstić information content (AvgIpc) is 2.53. The molecular weight excluding hydrogens is 260 g/mol. The normalized spacial score (nSPS) is 10.5. The molecule has 3 aromatic rings. The van der Waals surface area contributed by atoms with Crippen molar-refractivity contribution in [2.45, 2.75) is 6.92 Å². The van der Waals surface area contributed by atoms with Gasteiger partial charge in [-0.15, -0.1) is 0 Å². The summed E-state index contributed by atoms with van der Waals surface area (Å²) in [5.41, 5.74) is 2.48. The van der Waals surface area contributed by atoms with Crippen molar-refractivity contribution < 1.29 is 9.59 Å². The molecule has 3 aromatic carbocycles. The molecule has 2 nitrogen and oxygen atoms in total. The van der Waals surface area contributed by atoms with Crippen LogP contribution in [0, 0.1) is 6.92 Å². The smallest absolute Gasteiger partial charge is 0.194 e. The van der Waals surface area contributed by atoms with Crippen LogP contribution in [0.1, 0.15) is 31.8 Å². The standard InChI is InChI=1S/C19H14O2/c1-13-9-10-15(12-20)18(11-13)19(21)17-8-4-6-14-5-2-3-7-16(14)17/h2-12H,1H3. The van der Waals surface area contributed by atoms with Crippen LogP contribution >= 0.6 is 0 Å². The van der Waals surface area contributed by atoms with Gasteiger partial charge in [0, 0.05) is 16.7 Å². The predicted octanol–water partition coefficient (Wildman–Crippen LogP) is 4.19. The second kappa shape index (κ2) is 5.33. The first-order valence-electron chi connectivity index (χ1n) is 6.79. The Morgan fingerprint density at radius 1 is 0.905 bits per heavy atom. The number of aryl methyl sites for hydroxylation is 1. The van der Waals surface area contributed by atoms with Crippen LogP contribution in [0.3, 0.4) is 0 Å². The zero-order valence-corrected chi connectivity index (χ0v) is 11.7. The number of aldehydes is 1. The minimum absolute atomic E-state index is 0.113. The van der Waals surface area contributed by atoms with Crippen molar-refractivity contribution in [3.8, 4) is 0 Å². The Morgan fingerprint density at radius 2 is 1.67 bits per heavy atom. The van der Waals surface area contributed by atoms with Crippen LogP contribution in [-0.2, 0) is 0 Å². The summed E-state index contributed by atoms with van der Waals surface area (Å²) in [4.78, 5) is 24.0. The molecule has 0 aliphatic rings. The van der Waals surface area contributed by atoms with Gasteiger partial charge in [0.15, 0.2) is 12.1 Å². The SMILES string of the molecule is Cc1ccc(C=O)c(C(=O)c2cccc3ccccc23)c1. The number of fused-ring (bicyclic) bond motifs is 1. The number of carbonyl (C=O) groups is 2. The molecule has 0 N–H and O–H groups in total. The highest BCUT2D eigenvalue weighted by atomic mass is 16.1. The Morgan fingerprint density at radius 3 is 2.48 bits per heavy atom. The number of rotatable bonds is 3. The van der Waals surface area contributed by atoms with Crippen molar-refractivity contribution in [2.75, 3.05) is 0 Å². The van der Waals surface area contributed by atoms with Gasteiger partial charge in [0.1, 0.15) is 0 Å². The largest absolute Gasteiger partial charge is 0.298 e. The van der Waals surface area contributed by atoms with Crippen molar-refractivity contribution in [1.82, 2.24) is 0 Å². The van der Waals surface area contributed by atoms with Crippen LogP contribution in [0.25, 0.3) is 10.8 Å². The van der Waals surface area contributed by atoms with Gasteiger partial charge in [-0.05, 0) is 23.8 Å². The lowest BCUT2D eigenvalue weighted by atomic mass is 9.94. The Kier molecular flexibility index (Phi) is 3.36. The summed E-state index contributed by atoms with van der Waals surface area (Å²) in [5, 5.41) is 1.92. The molecule has 0 aliphatic carbocycles. The molecule has 102 valence electrons. The van der Waals surface area contributed by atoms with Gasteiger partial charge in [0.2, 0.25) is 0 Å². The molecule has 0 saturated carbocycles. The fourth-order valence-corrected chi connectivity index (χ4v) is 2.54. The Balaban J connectivity index is 2.22. The molecule has 3 rings (SSSR count). The van der Waals surface area contributed by atoms with Gasteiger partial charge in [0.05, 0.1) is 0 Å². The Hall–Kier alpha value is -2.74. The van der Waals surface area contributed by atoms with Gasteiger partial charge < -0.3 is 0 Å². The van der Waals surface area contributed by atoms with Gasteiger partial charge in [-0.2, -0.15) is 0 Å². The van der Waals surface area contributed by atoms with Gasteiger partial charge in [0.25, 0.3) is 0 Å². The highest BCUT2D eigenvalue weighted by Gasteiger charge is 2.15. The second-order valence-corrected chi connectivity index (χ2v) is 5.06. The Bertz CT molecular complexity index is 842. The van der Waals surface area contributed by atoms with E-state index in [2.05, 4.69) is 0 Å². The summed E-state index contributed by atoms with van der Waals surface area (Å²) in [5.74, 6) is -0.113. The van der Waals surface area contributed by atoms with Gasteiger partial charge >= 0.3 is 0 Å². The summed E-state index contributed by atoms with van der Waals surface area (Å²) >= 11 is 0. The average molecular weight is 274 g/mol. The summed E-state index contributed by atoms with van der Waals surface area (Å²) < 4.78 is 0. The maximum atomic E-state index is 12.8. The minimum atomic E-state index is -0.113. The van der Waals surface area contributed by atoms with E-state index in [0.29, 0.717) is 16.7 Å². The first kappa shape index (κ1) is 13.3. The second-order valence-electron chi connectivity index (χ2n) is 5.06. The van der Waals surface area contributed by atoms with Crippen LogP contribution in [-0.4, -0.2) is 12.1 Å². The number of ketones is 1. The molecule has 21 heavy (non-hydrogen) atoms. The van der Waals surface area contributed by atoms with E-state index in [1.807, 2.05) is 55.5 Å². The summed E-state index contributed by atoms with van der Waals surface area (Å²) in [6.07, 6.45) is 0.734. The third-order valence-electron chi connectivity index (χ3n) is 3.61. The zero-order chi connectivity index (χ0) is 14.8. The molecule has 0 fully saturated rings. The predicted molar refractivity (Wildman–Crippen MR) is 83.9 cm³/mol. The molecular formula is C19H14O2. The molecule has 0 unspecified atom stereocenters. The number of hydrogen-bond donors (Lipinski definition) is 0. The molecule has 0 aliphatic heterocycles. The van der Waals surface area contributed by atoms with E-state index in [1.54, 1.807) is 12.1 Å². The number of benzene rings is 3. The first-order chi connectivity index (χ1) is 10.2. The summed E-state index contributed by atoms with van der Waals surface area (Å²) in [7, 11) is 0. The maximum absolute atomic E-state index is 12.8. The maximum Gasteiger partial charge on any atom is 0.194 e. The molecule has 0 spiro atoms. The Labute approximate surface area is 123 Å². The molecule has 0 saturated heterocycles. The molecule has 0 heterocycles. The van der Waals surface area contributed by atoms with Gasteiger partial charge in [-0.3, -0.25) is 9.59 Å². The highest BCUT2D eigenvalue weighted by Crippen LogP contribution is 2.23. The van der Waals surface area contributed by atoms with Crippen molar-refractivity contribution in [3.63, 3.8) is 0 Å². The summed E-state index contributed by atoms with van der Waals surface area (Å²) in [6, 6.07) is 18.7. The topological polar surface area (TPSA) is 34.1 Å². The third kappa shape index (κ3) is 2.36.